The van der Waals surface area contributed by atoms with Crippen molar-refractivity contribution in [3.8, 4) is 0 Å². The molecule has 0 aliphatic carbocycles. The van der Waals surface area contributed by atoms with Crippen molar-refractivity contribution in [1.82, 2.24) is 10.2 Å². The van der Waals surface area contributed by atoms with Crippen molar-refractivity contribution in [3.05, 3.63) is 60.2 Å². The van der Waals surface area contributed by atoms with Gasteiger partial charge in [-0.1, -0.05) is 36.4 Å². The Morgan fingerprint density at radius 1 is 0.969 bits per heavy atom. The van der Waals surface area contributed by atoms with E-state index in [4.69, 9.17) is 4.74 Å². The Bertz CT molecular complexity index is 900. The summed E-state index contributed by atoms with van der Waals surface area (Å²) in [6.45, 7) is 8.20. The maximum absolute atomic E-state index is 13.4. The van der Waals surface area contributed by atoms with E-state index in [2.05, 4.69) is 74.6 Å². The first kappa shape index (κ1) is 21.3. The summed E-state index contributed by atoms with van der Waals surface area (Å²) in [6, 6.07) is 19.4. The van der Waals surface area contributed by atoms with Crippen LogP contribution in [-0.4, -0.2) is 75.9 Å². The fraction of sp³-hybridized carbons (Fsp3) is 0.500. The number of anilines is 2. The smallest absolute Gasteiger partial charge is 0.225 e. The van der Waals surface area contributed by atoms with Gasteiger partial charge in [-0.2, -0.15) is 0 Å². The second-order valence-corrected chi connectivity index (χ2v) is 9.08. The number of nitrogens with zero attached hydrogens (tertiary/aromatic N) is 3. The third kappa shape index (κ3) is 4.62. The zero-order valence-corrected chi connectivity index (χ0v) is 18.8. The first-order chi connectivity index (χ1) is 15.8. The summed E-state index contributed by atoms with van der Waals surface area (Å²) in [5.74, 6) is 0.172. The molecule has 0 radical (unpaired) electrons. The molecule has 2 atom stereocenters. The minimum atomic E-state index is -0.0280. The highest BCUT2D eigenvalue weighted by Crippen LogP contribution is 2.36. The molecule has 2 fully saturated rings. The summed E-state index contributed by atoms with van der Waals surface area (Å²) in [6.07, 6.45) is 1.80. The van der Waals surface area contributed by atoms with E-state index in [-0.39, 0.29) is 17.9 Å². The third-order valence-corrected chi connectivity index (χ3v) is 7.14. The maximum Gasteiger partial charge on any atom is 0.225 e. The summed E-state index contributed by atoms with van der Waals surface area (Å²) in [4.78, 5) is 20.7. The molecule has 0 bridgehead atoms. The van der Waals surface area contributed by atoms with E-state index in [1.807, 2.05) is 0 Å². The predicted octanol–water partition coefficient (Wildman–Crippen LogP) is 2.39. The van der Waals surface area contributed by atoms with Crippen LogP contribution in [0.1, 0.15) is 12.0 Å². The van der Waals surface area contributed by atoms with Crippen LogP contribution >= 0.6 is 0 Å². The predicted molar refractivity (Wildman–Crippen MR) is 128 cm³/mol. The number of piperazine rings is 1. The first-order valence-corrected chi connectivity index (χ1v) is 12.0. The van der Waals surface area contributed by atoms with Crippen molar-refractivity contribution in [2.45, 2.75) is 18.9 Å². The Balaban J connectivity index is 1.26. The molecule has 0 spiro atoms. The fourth-order valence-corrected chi connectivity index (χ4v) is 5.40. The van der Waals surface area contributed by atoms with Crippen molar-refractivity contribution >= 4 is 17.3 Å². The molecule has 0 unspecified atom stereocenters. The number of para-hydroxylation sites is 2. The molecule has 170 valence electrons. The van der Waals surface area contributed by atoms with Gasteiger partial charge in [0.05, 0.1) is 25.2 Å². The molecule has 2 aromatic rings. The van der Waals surface area contributed by atoms with Crippen LogP contribution < -0.4 is 15.1 Å². The number of hydrogen-bond donors (Lipinski definition) is 1. The van der Waals surface area contributed by atoms with E-state index in [0.29, 0.717) is 0 Å². The van der Waals surface area contributed by atoms with Gasteiger partial charge in [0.1, 0.15) is 0 Å². The summed E-state index contributed by atoms with van der Waals surface area (Å²) in [7, 11) is 0. The number of hydrogen-bond acceptors (Lipinski definition) is 5. The molecule has 0 saturated carbocycles. The molecule has 0 aromatic heterocycles. The highest BCUT2D eigenvalue weighted by atomic mass is 16.5. The number of nitrogens with one attached hydrogen (secondary N) is 1. The minimum absolute atomic E-state index is 0.0280. The lowest BCUT2D eigenvalue weighted by atomic mass is 9.83. The molecule has 6 nitrogen and oxygen atoms in total. The van der Waals surface area contributed by atoms with Gasteiger partial charge in [0.25, 0.3) is 0 Å². The van der Waals surface area contributed by atoms with Gasteiger partial charge in [-0.05, 0) is 43.1 Å². The Labute approximate surface area is 191 Å². The number of ether oxygens (including phenoxy) is 1. The molecular weight excluding hydrogens is 400 g/mol. The average molecular weight is 435 g/mol. The highest BCUT2D eigenvalue weighted by molar-refractivity contribution is 5.82. The van der Waals surface area contributed by atoms with Crippen LogP contribution in [0.2, 0.25) is 0 Å². The average Bonchev–Trinajstić information content (AvgIpc) is 2.87. The van der Waals surface area contributed by atoms with Crippen LogP contribution in [0.5, 0.6) is 0 Å². The van der Waals surface area contributed by atoms with Crippen molar-refractivity contribution in [2.24, 2.45) is 5.92 Å². The molecular formula is C26H34N4O2. The Morgan fingerprint density at radius 3 is 2.59 bits per heavy atom. The Morgan fingerprint density at radius 2 is 1.75 bits per heavy atom. The Kier molecular flexibility index (Phi) is 6.60. The van der Waals surface area contributed by atoms with Crippen LogP contribution in [0.15, 0.2) is 54.6 Å². The zero-order valence-electron chi connectivity index (χ0n) is 18.8. The summed E-state index contributed by atoms with van der Waals surface area (Å²) in [5, 5.41) is 3.27. The van der Waals surface area contributed by atoms with Crippen LogP contribution in [0.25, 0.3) is 0 Å². The molecule has 5 rings (SSSR count). The quantitative estimate of drug-likeness (QED) is 0.708. The lowest BCUT2D eigenvalue weighted by Gasteiger charge is -2.49. The van der Waals surface area contributed by atoms with Crippen molar-refractivity contribution in [1.29, 1.82) is 0 Å². The highest BCUT2D eigenvalue weighted by Gasteiger charge is 2.41. The number of fused-ring (bicyclic) bond motifs is 3. The van der Waals surface area contributed by atoms with Gasteiger partial charge in [0.2, 0.25) is 5.91 Å². The Hall–Kier alpha value is -2.57. The van der Waals surface area contributed by atoms with Crippen LogP contribution in [0.4, 0.5) is 11.4 Å². The van der Waals surface area contributed by atoms with E-state index in [0.717, 1.165) is 71.9 Å². The van der Waals surface area contributed by atoms with Crippen LogP contribution in [0.3, 0.4) is 0 Å². The second kappa shape index (κ2) is 9.92. The molecule has 2 saturated heterocycles. The molecule has 3 heterocycles. The van der Waals surface area contributed by atoms with Gasteiger partial charge in [0.15, 0.2) is 0 Å². The van der Waals surface area contributed by atoms with Gasteiger partial charge in [-0.15, -0.1) is 0 Å². The van der Waals surface area contributed by atoms with Gasteiger partial charge in [0, 0.05) is 50.6 Å². The summed E-state index contributed by atoms with van der Waals surface area (Å²) in [5.41, 5.74) is 3.85. The number of carbonyl (C=O) groups is 1. The first-order valence-electron chi connectivity index (χ1n) is 12.0. The topological polar surface area (TPSA) is 48.1 Å². The number of morpholine rings is 1. The molecule has 3 aliphatic rings. The van der Waals surface area contributed by atoms with Crippen LogP contribution in [-0.2, 0) is 16.0 Å². The van der Waals surface area contributed by atoms with Gasteiger partial charge in [-0.25, -0.2) is 0 Å². The van der Waals surface area contributed by atoms with Gasteiger partial charge < -0.3 is 19.9 Å². The van der Waals surface area contributed by atoms with Crippen molar-refractivity contribution < 1.29 is 9.53 Å². The number of benzene rings is 2. The van der Waals surface area contributed by atoms with Gasteiger partial charge in [-0.3, -0.25) is 9.69 Å². The number of rotatable bonds is 6. The molecule has 6 heteroatoms. The largest absolute Gasteiger partial charge is 0.379 e. The molecule has 2 aromatic carbocycles. The normalized spacial score (nSPS) is 23.4. The number of carbonyl (C=O) groups excluding carboxylic acids is 1. The summed E-state index contributed by atoms with van der Waals surface area (Å²) < 4.78 is 5.42. The third-order valence-electron chi connectivity index (χ3n) is 7.14. The maximum atomic E-state index is 13.4. The summed E-state index contributed by atoms with van der Waals surface area (Å²) >= 11 is 0. The second-order valence-electron chi connectivity index (χ2n) is 9.08. The van der Waals surface area contributed by atoms with Gasteiger partial charge >= 0.3 is 0 Å². The van der Waals surface area contributed by atoms with E-state index in [9.17, 15) is 4.79 Å². The van der Waals surface area contributed by atoms with E-state index in [1.165, 1.54) is 16.9 Å². The molecule has 1 N–H and O–H groups in total. The van der Waals surface area contributed by atoms with Crippen molar-refractivity contribution in [2.75, 3.05) is 68.8 Å². The molecule has 1 amide bonds. The zero-order chi connectivity index (χ0) is 21.8. The lowest BCUT2D eigenvalue weighted by Crippen LogP contribution is -2.61. The lowest BCUT2D eigenvalue weighted by molar-refractivity contribution is -0.125. The van der Waals surface area contributed by atoms with E-state index in [1.54, 1.807) is 0 Å². The standard InChI is InChI=1S/C26H34N4O2/c31-26(27-11-6-12-28-15-17-32-18-16-28)23-19-21-7-4-5-10-24(21)30-14-13-29(20-25(23)30)22-8-2-1-3-9-22/h1-5,7-10,23,25H,6,11-20H2,(H,27,31)/t23-,25-/m1/s1. The van der Waals surface area contributed by atoms with E-state index >= 15 is 0 Å². The van der Waals surface area contributed by atoms with Crippen molar-refractivity contribution in [3.63, 3.8) is 0 Å². The SMILES string of the molecule is O=C(NCCCN1CCOCC1)[C@@H]1Cc2ccccc2N2CCN(c3ccccc3)C[C@H]12. The minimum Gasteiger partial charge on any atom is -0.379 e. The van der Waals surface area contributed by atoms with Crippen LogP contribution in [0, 0.1) is 5.92 Å². The monoisotopic (exact) mass is 434 g/mol. The molecule has 32 heavy (non-hydrogen) atoms. The van der Waals surface area contributed by atoms with E-state index < -0.39 is 0 Å². The molecule has 3 aliphatic heterocycles. The fourth-order valence-electron chi connectivity index (χ4n) is 5.40. The number of amides is 1.